The van der Waals surface area contributed by atoms with E-state index in [1.54, 1.807) is 47.4 Å². The Morgan fingerprint density at radius 2 is 1.92 bits per heavy atom. The number of carbonyl (C=O) groups is 1. The van der Waals surface area contributed by atoms with Crippen molar-refractivity contribution in [1.29, 1.82) is 0 Å². The van der Waals surface area contributed by atoms with Crippen LogP contribution in [-0.4, -0.2) is 27.5 Å². The van der Waals surface area contributed by atoms with Gasteiger partial charge >= 0.3 is 0 Å². The highest BCUT2D eigenvalue weighted by molar-refractivity contribution is 7.92. The lowest BCUT2D eigenvalue weighted by Crippen LogP contribution is -2.36. The van der Waals surface area contributed by atoms with Gasteiger partial charge in [0.25, 0.3) is 10.0 Å². The van der Waals surface area contributed by atoms with Gasteiger partial charge in [-0.05, 0) is 42.3 Å². The van der Waals surface area contributed by atoms with E-state index in [-0.39, 0.29) is 10.8 Å². The Kier molecular flexibility index (Phi) is 4.67. The number of carbonyl (C=O) groups excluding carboxylic acids is 1. The fourth-order valence-corrected chi connectivity index (χ4v) is 3.78. The van der Waals surface area contributed by atoms with Gasteiger partial charge < -0.3 is 9.64 Å². The molecule has 0 atom stereocenters. The van der Waals surface area contributed by atoms with E-state index < -0.39 is 10.0 Å². The van der Waals surface area contributed by atoms with Crippen LogP contribution in [0.1, 0.15) is 19.4 Å². The van der Waals surface area contributed by atoms with E-state index >= 15 is 0 Å². The number of hydrogen-bond acceptors (Lipinski definition) is 4. The van der Waals surface area contributed by atoms with Gasteiger partial charge in [0.15, 0.2) is 0 Å². The van der Waals surface area contributed by atoms with Crippen LogP contribution in [0.15, 0.2) is 47.4 Å². The molecule has 1 amide bonds. The number of benzene rings is 2. The Hall–Kier alpha value is -2.54. The quantitative estimate of drug-likeness (QED) is 0.910. The molecular formula is C18H20N2O4S. The SMILES string of the molecule is CCc1ccc(S(=O)(=O)Nc2ccc3c(c2)N(C(C)=O)CCO3)cc1. The van der Waals surface area contributed by atoms with Gasteiger partial charge in [0, 0.05) is 6.92 Å². The van der Waals surface area contributed by atoms with E-state index in [0.717, 1.165) is 12.0 Å². The van der Waals surface area contributed by atoms with Gasteiger partial charge in [0.2, 0.25) is 5.91 Å². The number of nitrogens with one attached hydrogen (secondary N) is 1. The van der Waals surface area contributed by atoms with E-state index in [9.17, 15) is 13.2 Å². The molecule has 0 aromatic heterocycles. The van der Waals surface area contributed by atoms with E-state index in [1.165, 1.54) is 6.92 Å². The van der Waals surface area contributed by atoms with Gasteiger partial charge in [-0.25, -0.2) is 8.42 Å². The second kappa shape index (κ2) is 6.76. The van der Waals surface area contributed by atoms with Crippen molar-refractivity contribution >= 4 is 27.3 Å². The van der Waals surface area contributed by atoms with Gasteiger partial charge in [-0.1, -0.05) is 19.1 Å². The zero-order valence-electron chi connectivity index (χ0n) is 14.2. The molecule has 0 aliphatic carbocycles. The summed E-state index contributed by atoms with van der Waals surface area (Å²) in [4.78, 5) is 13.5. The topological polar surface area (TPSA) is 75.7 Å². The number of fused-ring (bicyclic) bond motifs is 1. The molecule has 0 saturated carbocycles. The monoisotopic (exact) mass is 360 g/mol. The molecular weight excluding hydrogens is 340 g/mol. The van der Waals surface area contributed by atoms with Crippen LogP contribution >= 0.6 is 0 Å². The highest BCUT2D eigenvalue weighted by atomic mass is 32.2. The van der Waals surface area contributed by atoms with Gasteiger partial charge in [-0.15, -0.1) is 0 Å². The summed E-state index contributed by atoms with van der Waals surface area (Å²) in [6.45, 7) is 4.34. The number of anilines is 2. The van der Waals surface area contributed by atoms with Crippen molar-refractivity contribution in [2.75, 3.05) is 22.8 Å². The van der Waals surface area contributed by atoms with Crippen molar-refractivity contribution in [2.45, 2.75) is 25.2 Å². The minimum Gasteiger partial charge on any atom is -0.490 e. The molecule has 0 bridgehead atoms. The molecule has 1 heterocycles. The fraction of sp³-hybridized carbons (Fsp3) is 0.278. The Morgan fingerprint density at radius 1 is 1.20 bits per heavy atom. The van der Waals surface area contributed by atoms with Gasteiger partial charge in [-0.2, -0.15) is 0 Å². The zero-order valence-corrected chi connectivity index (χ0v) is 15.0. The molecule has 2 aromatic rings. The average Bonchev–Trinajstić information content (AvgIpc) is 2.60. The van der Waals surface area contributed by atoms with E-state index in [0.29, 0.717) is 30.3 Å². The number of amides is 1. The minimum atomic E-state index is -3.70. The third-order valence-corrected chi connectivity index (χ3v) is 5.49. The first-order valence-electron chi connectivity index (χ1n) is 8.07. The molecule has 1 N–H and O–H groups in total. The van der Waals surface area contributed by atoms with Gasteiger partial charge in [0.05, 0.1) is 22.8 Å². The normalized spacial score (nSPS) is 13.8. The van der Waals surface area contributed by atoms with Crippen molar-refractivity contribution in [3.8, 4) is 5.75 Å². The highest BCUT2D eigenvalue weighted by Gasteiger charge is 2.22. The number of aryl methyl sites for hydroxylation is 1. The van der Waals surface area contributed by atoms with Crippen molar-refractivity contribution < 1.29 is 17.9 Å². The first-order valence-corrected chi connectivity index (χ1v) is 9.56. The number of sulfonamides is 1. The molecule has 0 saturated heterocycles. The summed E-state index contributed by atoms with van der Waals surface area (Å²) in [6, 6.07) is 11.7. The summed E-state index contributed by atoms with van der Waals surface area (Å²) in [5.41, 5.74) is 2.03. The summed E-state index contributed by atoms with van der Waals surface area (Å²) < 4.78 is 33.2. The summed E-state index contributed by atoms with van der Waals surface area (Å²) in [5.74, 6) is 0.455. The van der Waals surface area contributed by atoms with E-state index in [2.05, 4.69) is 4.72 Å². The Balaban J connectivity index is 1.89. The molecule has 25 heavy (non-hydrogen) atoms. The smallest absolute Gasteiger partial charge is 0.261 e. The molecule has 2 aromatic carbocycles. The molecule has 1 aliphatic rings. The highest BCUT2D eigenvalue weighted by Crippen LogP contribution is 2.34. The van der Waals surface area contributed by atoms with Crippen molar-refractivity contribution in [3.63, 3.8) is 0 Å². The second-order valence-electron chi connectivity index (χ2n) is 5.80. The third-order valence-electron chi connectivity index (χ3n) is 4.10. The van der Waals surface area contributed by atoms with Gasteiger partial charge in [0.1, 0.15) is 12.4 Å². The van der Waals surface area contributed by atoms with E-state index in [4.69, 9.17) is 4.74 Å². The number of hydrogen-bond donors (Lipinski definition) is 1. The molecule has 3 rings (SSSR count). The zero-order chi connectivity index (χ0) is 18.0. The van der Waals surface area contributed by atoms with Crippen LogP contribution in [0.2, 0.25) is 0 Å². The molecule has 7 heteroatoms. The van der Waals surface area contributed by atoms with Crippen LogP contribution in [0.4, 0.5) is 11.4 Å². The molecule has 0 fully saturated rings. The molecule has 0 spiro atoms. The second-order valence-corrected chi connectivity index (χ2v) is 7.49. The first kappa shape index (κ1) is 17.3. The van der Waals surface area contributed by atoms with Crippen LogP contribution in [0.25, 0.3) is 0 Å². The maximum absolute atomic E-state index is 12.6. The minimum absolute atomic E-state index is 0.111. The van der Waals surface area contributed by atoms with Crippen LogP contribution in [0.5, 0.6) is 5.75 Å². The number of rotatable bonds is 4. The van der Waals surface area contributed by atoms with Crippen molar-refractivity contribution in [3.05, 3.63) is 48.0 Å². The molecule has 6 nitrogen and oxygen atoms in total. The van der Waals surface area contributed by atoms with E-state index in [1.807, 2.05) is 6.92 Å². The van der Waals surface area contributed by atoms with Crippen LogP contribution < -0.4 is 14.4 Å². The summed E-state index contributed by atoms with van der Waals surface area (Å²) in [5, 5.41) is 0. The number of nitrogens with zero attached hydrogens (tertiary/aromatic N) is 1. The molecule has 0 radical (unpaired) electrons. The largest absolute Gasteiger partial charge is 0.490 e. The summed E-state index contributed by atoms with van der Waals surface area (Å²) in [6.07, 6.45) is 0.847. The maximum Gasteiger partial charge on any atom is 0.261 e. The third kappa shape index (κ3) is 3.61. The summed E-state index contributed by atoms with van der Waals surface area (Å²) in [7, 11) is -3.70. The average molecular weight is 360 g/mol. The predicted octanol–water partition coefficient (Wildman–Crippen LogP) is 2.80. The lowest BCUT2D eigenvalue weighted by Gasteiger charge is -2.29. The summed E-state index contributed by atoms with van der Waals surface area (Å²) >= 11 is 0. The standard InChI is InChI=1S/C18H20N2O4S/c1-3-14-4-7-16(8-5-14)25(22,23)19-15-6-9-18-17(12-15)20(13(2)21)10-11-24-18/h4-9,12,19H,3,10-11H2,1-2H3. The van der Waals surface area contributed by atoms with Crippen LogP contribution in [0.3, 0.4) is 0 Å². The Morgan fingerprint density at radius 3 is 2.56 bits per heavy atom. The Bertz CT molecular complexity index is 892. The molecule has 1 aliphatic heterocycles. The lowest BCUT2D eigenvalue weighted by atomic mass is 10.2. The lowest BCUT2D eigenvalue weighted by molar-refractivity contribution is -0.116. The molecule has 132 valence electrons. The molecule has 0 unspecified atom stereocenters. The fourth-order valence-electron chi connectivity index (χ4n) is 2.73. The van der Waals surface area contributed by atoms with Crippen molar-refractivity contribution in [2.24, 2.45) is 0 Å². The van der Waals surface area contributed by atoms with Crippen LogP contribution in [-0.2, 0) is 21.2 Å². The number of ether oxygens (including phenoxy) is 1. The maximum atomic E-state index is 12.6. The first-order chi connectivity index (χ1) is 11.9. The van der Waals surface area contributed by atoms with Crippen LogP contribution in [0, 0.1) is 0 Å². The van der Waals surface area contributed by atoms with Crippen molar-refractivity contribution in [1.82, 2.24) is 0 Å². The van der Waals surface area contributed by atoms with Gasteiger partial charge in [-0.3, -0.25) is 9.52 Å². The predicted molar refractivity (Wildman–Crippen MR) is 96.6 cm³/mol. The Labute approximate surface area is 147 Å².